The van der Waals surface area contributed by atoms with Crippen molar-refractivity contribution in [3.05, 3.63) is 29.3 Å². The third-order valence-electron chi connectivity index (χ3n) is 2.55. The fraction of sp³-hybridized carbons (Fsp3) is 0.400. The molecule has 1 aromatic carbocycles. The van der Waals surface area contributed by atoms with Crippen LogP contribution in [0, 0.1) is 6.92 Å². The van der Waals surface area contributed by atoms with Crippen LogP contribution in [-0.2, 0) is 0 Å². The van der Waals surface area contributed by atoms with Gasteiger partial charge in [0.05, 0.1) is 0 Å². The standard InChI is InChI=1S/C10H13NO/c1-7-8(9-5-6-11-9)3-2-4-10(7)12/h2-4,9,11-12H,5-6H2,1H3. The fourth-order valence-electron chi connectivity index (χ4n) is 1.57. The van der Waals surface area contributed by atoms with E-state index in [0.717, 1.165) is 12.1 Å². The molecule has 64 valence electrons. The van der Waals surface area contributed by atoms with E-state index in [9.17, 15) is 5.11 Å². The van der Waals surface area contributed by atoms with Crippen molar-refractivity contribution in [1.29, 1.82) is 0 Å². The van der Waals surface area contributed by atoms with Gasteiger partial charge in [-0.25, -0.2) is 0 Å². The summed E-state index contributed by atoms with van der Waals surface area (Å²) in [6.45, 7) is 3.06. The second kappa shape index (κ2) is 2.79. The summed E-state index contributed by atoms with van der Waals surface area (Å²) >= 11 is 0. The van der Waals surface area contributed by atoms with E-state index >= 15 is 0 Å². The highest BCUT2D eigenvalue weighted by molar-refractivity contribution is 5.40. The molecule has 0 aliphatic carbocycles. The molecule has 0 aromatic heterocycles. The molecule has 1 aliphatic rings. The van der Waals surface area contributed by atoms with Gasteiger partial charge in [-0.1, -0.05) is 12.1 Å². The fourth-order valence-corrected chi connectivity index (χ4v) is 1.57. The van der Waals surface area contributed by atoms with Crippen molar-refractivity contribution < 1.29 is 5.11 Å². The van der Waals surface area contributed by atoms with Crippen LogP contribution in [-0.4, -0.2) is 11.7 Å². The maximum Gasteiger partial charge on any atom is 0.118 e. The molecule has 1 atom stereocenters. The van der Waals surface area contributed by atoms with Gasteiger partial charge < -0.3 is 10.4 Å². The molecule has 2 heteroatoms. The first kappa shape index (κ1) is 7.62. The van der Waals surface area contributed by atoms with E-state index in [1.165, 1.54) is 12.0 Å². The van der Waals surface area contributed by atoms with Crippen molar-refractivity contribution in [3.63, 3.8) is 0 Å². The molecule has 0 amide bonds. The third kappa shape index (κ3) is 1.08. The molecule has 0 radical (unpaired) electrons. The third-order valence-corrected chi connectivity index (χ3v) is 2.55. The Kier molecular flexibility index (Phi) is 1.77. The first-order valence-corrected chi connectivity index (χ1v) is 4.31. The molecule has 0 saturated carbocycles. The Hall–Kier alpha value is -1.02. The van der Waals surface area contributed by atoms with Gasteiger partial charge in [0.1, 0.15) is 5.75 Å². The van der Waals surface area contributed by atoms with Crippen molar-refractivity contribution in [2.75, 3.05) is 6.54 Å². The molecule has 12 heavy (non-hydrogen) atoms. The van der Waals surface area contributed by atoms with Gasteiger partial charge in [-0.2, -0.15) is 0 Å². The smallest absolute Gasteiger partial charge is 0.118 e. The first-order chi connectivity index (χ1) is 5.79. The van der Waals surface area contributed by atoms with E-state index in [2.05, 4.69) is 11.4 Å². The lowest BCUT2D eigenvalue weighted by atomic mass is 9.94. The van der Waals surface area contributed by atoms with Crippen LogP contribution in [0.15, 0.2) is 18.2 Å². The molecule has 0 bridgehead atoms. The topological polar surface area (TPSA) is 32.3 Å². The van der Waals surface area contributed by atoms with Crippen molar-refractivity contribution >= 4 is 0 Å². The summed E-state index contributed by atoms with van der Waals surface area (Å²) in [7, 11) is 0. The zero-order chi connectivity index (χ0) is 8.55. The number of rotatable bonds is 1. The largest absolute Gasteiger partial charge is 0.508 e. The Morgan fingerprint density at radius 2 is 2.25 bits per heavy atom. The summed E-state index contributed by atoms with van der Waals surface area (Å²) in [4.78, 5) is 0. The Labute approximate surface area is 72.2 Å². The number of hydrogen-bond acceptors (Lipinski definition) is 2. The molecule has 2 nitrogen and oxygen atoms in total. The molecular formula is C10H13NO. The Balaban J connectivity index is 2.36. The van der Waals surface area contributed by atoms with Crippen molar-refractivity contribution in [1.82, 2.24) is 5.32 Å². The van der Waals surface area contributed by atoms with Crippen LogP contribution < -0.4 is 5.32 Å². The molecule has 1 heterocycles. The number of phenols is 1. The highest BCUT2D eigenvalue weighted by atomic mass is 16.3. The lowest BCUT2D eigenvalue weighted by Gasteiger charge is -2.29. The lowest BCUT2D eigenvalue weighted by Crippen LogP contribution is -2.35. The van der Waals surface area contributed by atoms with E-state index in [4.69, 9.17) is 0 Å². The monoisotopic (exact) mass is 163 g/mol. The van der Waals surface area contributed by atoms with Crippen LogP contribution in [0.5, 0.6) is 5.75 Å². The molecule has 1 fully saturated rings. The summed E-state index contributed by atoms with van der Waals surface area (Å²) in [5.74, 6) is 0.404. The van der Waals surface area contributed by atoms with Crippen LogP contribution in [0.2, 0.25) is 0 Å². The predicted molar refractivity (Wildman–Crippen MR) is 48.2 cm³/mol. The SMILES string of the molecule is Cc1c(O)cccc1C1CCN1. The maximum atomic E-state index is 9.44. The van der Waals surface area contributed by atoms with Crippen LogP contribution in [0.1, 0.15) is 23.6 Å². The van der Waals surface area contributed by atoms with Crippen LogP contribution >= 0.6 is 0 Å². The van der Waals surface area contributed by atoms with Gasteiger partial charge in [0.25, 0.3) is 0 Å². The van der Waals surface area contributed by atoms with E-state index in [1.807, 2.05) is 13.0 Å². The second-order valence-electron chi connectivity index (χ2n) is 3.29. The maximum absolute atomic E-state index is 9.44. The minimum absolute atomic E-state index is 0.404. The summed E-state index contributed by atoms with van der Waals surface area (Å²) in [6, 6.07) is 6.18. The molecule has 0 spiro atoms. The summed E-state index contributed by atoms with van der Waals surface area (Å²) < 4.78 is 0. The van der Waals surface area contributed by atoms with Gasteiger partial charge >= 0.3 is 0 Å². The van der Waals surface area contributed by atoms with Gasteiger partial charge in [0.2, 0.25) is 0 Å². The van der Waals surface area contributed by atoms with E-state index in [-0.39, 0.29) is 0 Å². The Morgan fingerprint density at radius 1 is 1.50 bits per heavy atom. The Morgan fingerprint density at radius 3 is 2.83 bits per heavy atom. The molecule has 2 rings (SSSR count). The number of aromatic hydroxyl groups is 1. The zero-order valence-electron chi connectivity index (χ0n) is 7.17. The summed E-state index contributed by atoms with van der Waals surface area (Å²) in [5, 5.41) is 12.8. The van der Waals surface area contributed by atoms with E-state index < -0.39 is 0 Å². The normalized spacial score (nSPS) is 21.9. The molecule has 1 aromatic rings. The number of nitrogens with one attached hydrogen (secondary N) is 1. The predicted octanol–water partition coefficient (Wildman–Crippen LogP) is 1.74. The minimum atomic E-state index is 0.404. The van der Waals surface area contributed by atoms with Crippen LogP contribution in [0.4, 0.5) is 0 Å². The molecule has 1 aliphatic heterocycles. The van der Waals surface area contributed by atoms with Crippen LogP contribution in [0.25, 0.3) is 0 Å². The second-order valence-corrected chi connectivity index (χ2v) is 3.29. The quantitative estimate of drug-likeness (QED) is 0.661. The number of phenolic OH excluding ortho intramolecular Hbond substituents is 1. The summed E-state index contributed by atoms with van der Waals surface area (Å²) in [6.07, 6.45) is 1.18. The van der Waals surface area contributed by atoms with Crippen molar-refractivity contribution in [2.24, 2.45) is 0 Å². The van der Waals surface area contributed by atoms with Gasteiger partial charge in [0.15, 0.2) is 0 Å². The number of hydrogen-bond donors (Lipinski definition) is 2. The average molecular weight is 163 g/mol. The highest BCUT2D eigenvalue weighted by Crippen LogP contribution is 2.29. The van der Waals surface area contributed by atoms with Crippen molar-refractivity contribution in [3.8, 4) is 5.75 Å². The van der Waals surface area contributed by atoms with Gasteiger partial charge in [0, 0.05) is 6.04 Å². The molecule has 2 N–H and O–H groups in total. The molecular weight excluding hydrogens is 150 g/mol. The van der Waals surface area contributed by atoms with Gasteiger partial charge in [-0.15, -0.1) is 0 Å². The first-order valence-electron chi connectivity index (χ1n) is 4.31. The van der Waals surface area contributed by atoms with Gasteiger partial charge in [-0.05, 0) is 37.1 Å². The Bertz CT molecular complexity index is 292. The highest BCUT2D eigenvalue weighted by Gasteiger charge is 2.20. The van der Waals surface area contributed by atoms with E-state index in [0.29, 0.717) is 11.8 Å². The number of benzene rings is 1. The zero-order valence-corrected chi connectivity index (χ0v) is 7.17. The lowest BCUT2D eigenvalue weighted by molar-refractivity contribution is 0.379. The van der Waals surface area contributed by atoms with E-state index in [1.54, 1.807) is 6.07 Å². The molecule has 1 unspecified atom stereocenters. The van der Waals surface area contributed by atoms with Crippen molar-refractivity contribution in [2.45, 2.75) is 19.4 Å². The summed E-state index contributed by atoms with van der Waals surface area (Å²) in [5.41, 5.74) is 2.25. The minimum Gasteiger partial charge on any atom is -0.508 e. The van der Waals surface area contributed by atoms with Crippen LogP contribution in [0.3, 0.4) is 0 Å². The van der Waals surface area contributed by atoms with Gasteiger partial charge in [-0.3, -0.25) is 0 Å². The molecule has 1 saturated heterocycles. The average Bonchev–Trinajstić information content (AvgIpc) is 1.95.